The Morgan fingerprint density at radius 1 is 1.07 bits per heavy atom. The summed E-state index contributed by atoms with van der Waals surface area (Å²) in [6.45, 7) is -1.27. The van der Waals surface area contributed by atoms with Crippen LogP contribution in [-0.4, -0.2) is 74.3 Å². The predicted molar refractivity (Wildman–Crippen MR) is 47.1 cm³/mol. The molecule has 0 radical (unpaired) electrons. The molecule has 90 valence electrons. The van der Waals surface area contributed by atoms with Crippen LogP contribution in [0.1, 0.15) is 0 Å². The summed E-state index contributed by atoms with van der Waals surface area (Å²) < 4.78 is 0. The summed E-state index contributed by atoms with van der Waals surface area (Å²) in [7, 11) is 0. The SMILES string of the molecule is O=C(O)NC[C@@H](O)[C@H](O)[C@@H](O)[C@@H](O)CO. The molecule has 0 rings (SSSR count). The summed E-state index contributed by atoms with van der Waals surface area (Å²) in [6.07, 6.45) is -8.06. The van der Waals surface area contributed by atoms with Crippen molar-refractivity contribution in [1.29, 1.82) is 0 Å². The zero-order chi connectivity index (χ0) is 12.0. The van der Waals surface area contributed by atoms with Gasteiger partial charge in [0.15, 0.2) is 0 Å². The van der Waals surface area contributed by atoms with E-state index in [0.29, 0.717) is 0 Å². The van der Waals surface area contributed by atoms with E-state index in [-0.39, 0.29) is 0 Å². The molecular formula is C7H15NO7. The summed E-state index contributed by atoms with van der Waals surface area (Å²) in [6, 6.07) is 0. The summed E-state index contributed by atoms with van der Waals surface area (Å²) in [5, 5.41) is 54.8. The highest BCUT2D eigenvalue weighted by Crippen LogP contribution is 2.04. The molecule has 0 aliphatic heterocycles. The lowest BCUT2D eigenvalue weighted by molar-refractivity contribution is -0.113. The van der Waals surface area contributed by atoms with E-state index in [1.165, 1.54) is 0 Å². The zero-order valence-electron chi connectivity index (χ0n) is 7.82. The molecule has 7 N–H and O–H groups in total. The van der Waals surface area contributed by atoms with Gasteiger partial charge in [0.1, 0.15) is 18.3 Å². The number of carboxylic acid groups (broad SMARTS) is 1. The number of hydrogen-bond acceptors (Lipinski definition) is 6. The second kappa shape index (κ2) is 6.53. The van der Waals surface area contributed by atoms with Gasteiger partial charge in [-0.3, -0.25) is 0 Å². The monoisotopic (exact) mass is 225 g/mol. The molecule has 8 nitrogen and oxygen atoms in total. The number of nitrogens with one attached hydrogen (secondary N) is 1. The first kappa shape index (κ1) is 14.1. The number of amides is 1. The van der Waals surface area contributed by atoms with Gasteiger partial charge in [0, 0.05) is 6.54 Å². The Morgan fingerprint density at radius 3 is 1.93 bits per heavy atom. The quantitative estimate of drug-likeness (QED) is 0.250. The molecule has 0 saturated heterocycles. The van der Waals surface area contributed by atoms with Gasteiger partial charge in [0.2, 0.25) is 0 Å². The van der Waals surface area contributed by atoms with E-state index in [2.05, 4.69) is 0 Å². The highest BCUT2D eigenvalue weighted by Gasteiger charge is 2.29. The van der Waals surface area contributed by atoms with Gasteiger partial charge in [-0.25, -0.2) is 4.79 Å². The molecule has 8 heteroatoms. The molecular weight excluding hydrogens is 210 g/mol. The minimum Gasteiger partial charge on any atom is -0.465 e. The predicted octanol–water partition coefficient (Wildman–Crippen LogP) is -3.31. The van der Waals surface area contributed by atoms with Crippen molar-refractivity contribution in [2.45, 2.75) is 24.4 Å². The number of rotatable bonds is 6. The lowest BCUT2D eigenvalue weighted by Gasteiger charge is -2.25. The maximum Gasteiger partial charge on any atom is 0.404 e. The standard InChI is InChI=1S/C7H15NO7/c9-2-4(11)6(13)5(12)3(10)1-8-7(14)15/h3-6,8-13H,1-2H2,(H,14,15)/t3-,4+,5+,6+/m1/s1. The lowest BCUT2D eigenvalue weighted by Crippen LogP contribution is -2.49. The van der Waals surface area contributed by atoms with E-state index in [4.69, 9.17) is 25.5 Å². The van der Waals surface area contributed by atoms with Gasteiger partial charge in [-0.1, -0.05) is 0 Å². The smallest absolute Gasteiger partial charge is 0.404 e. The summed E-state index contributed by atoms with van der Waals surface area (Å²) >= 11 is 0. The molecule has 0 fully saturated rings. The minimum absolute atomic E-state index is 0.494. The summed E-state index contributed by atoms with van der Waals surface area (Å²) in [5.41, 5.74) is 0. The van der Waals surface area contributed by atoms with Crippen LogP contribution in [0.2, 0.25) is 0 Å². The minimum atomic E-state index is -1.75. The van der Waals surface area contributed by atoms with E-state index >= 15 is 0 Å². The van der Waals surface area contributed by atoms with Crippen LogP contribution >= 0.6 is 0 Å². The number of carbonyl (C=O) groups is 1. The molecule has 0 unspecified atom stereocenters. The number of aliphatic hydroxyl groups excluding tert-OH is 5. The van der Waals surface area contributed by atoms with E-state index in [9.17, 15) is 9.90 Å². The molecule has 0 aromatic carbocycles. The fourth-order valence-electron chi connectivity index (χ4n) is 0.876. The van der Waals surface area contributed by atoms with Crippen LogP contribution in [-0.2, 0) is 0 Å². The lowest BCUT2D eigenvalue weighted by atomic mass is 10.0. The molecule has 4 atom stereocenters. The van der Waals surface area contributed by atoms with Gasteiger partial charge in [0.25, 0.3) is 0 Å². The largest absolute Gasteiger partial charge is 0.465 e. The highest BCUT2D eigenvalue weighted by molar-refractivity contribution is 5.64. The van der Waals surface area contributed by atoms with Crippen molar-refractivity contribution in [3.8, 4) is 0 Å². The first-order valence-corrected chi connectivity index (χ1v) is 4.20. The molecule has 0 aliphatic rings. The van der Waals surface area contributed by atoms with Crippen LogP contribution in [0.25, 0.3) is 0 Å². The Balaban J connectivity index is 4.06. The Kier molecular flexibility index (Phi) is 6.13. The van der Waals surface area contributed by atoms with Crippen LogP contribution in [0.3, 0.4) is 0 Å². The maximum absolute atomic E-state index is 10.0. The third-order valence-corrected chi connectivity index (χ3v) is 1.79. The zero-order valence-corrected chi connectivity index (χ0v) is 7.82. The molecule has 0 saturated carbocycles. The Hall–Kier alpha value is -0.930. The maximum atomic E-state index is 10.0. The second-order valence-electron chi connectivity index (χ2n) is 2.98. The van der Waals surface area contributed by atoms with Crippen molar-refractivity contribution in [2.24, 2.45) is 0 Å². The fraction of sp³-hybridized carbons (Fsp3) is 0.857. The third kappa shape index (κ3) is 4.91. The normalized spacial score (nSPS) is 19.0. The van der Waals surface area contributed by atoms with Crippen LogP contribution in [0.5, 0.6) is 0 Å². The van der Waals surface area contributed by atoms with Gasteiger partial charge < -0.3 is 36.0 Å². The molecule has 0 aromatic heterocycles. The van der Waals surface area contributed by atoms with Gasteiger partial charge >= 0.3 is 6.09 Å². The third-order valence-electron chi connectivity index (χ3n) is 1.79. The molecule has 1 amide bonds. The van der Waals surface area contributed by atoms with Crippen molar-refractivity contribution in [3.63, 3.8) is 0 Å². The van der Waals surface area contributed by atoms with Crippen LogP contribution in [0, 0.1) is 0 Å². The van der Waals surface area contributed by atoms with Gasteiger partial charge in [-0.05, 0) is 0 Å². The number of hydrogen-bond donors (Lipinski definition) is 7. The van der Waals surface area contributed by atoms with E-state index in [0.717, 1.165) is 0 Å². The molecule has 0 aliphatic carbocycles. The van der Waals surface area contributed by atoms with E-state index < -0.39 is 43.7 Å². The Morgan fingerprint density at radius 2 is 1.53 bits per heavy atom. The topological polar surface area (TPSA) is 150 Å². The molecule has 0 bridgehead atoms. The number of aliphatic hydroxyl groups is 5. The van der Waals surface area contributed by atoms with Crippen LogP contribution in [0.4, 0.5) is 4.79 Å². The van der Waals surface area contributed by atoms with Crippen molar-refractivity contribution in [1.82, 2.24) is 5.32 Å². The average molecular weight is 225 g/mol. The molecule has 0 heterocycles. The van der Waals surface area contributed by atoms with Crippen molar-refractivity contribution >= 4 is 6.09 Å². The van der Waals surface area contributed by atoms with Crippen LogP contribution < -0.4 is 5.32 Å². The van der Waals surface area contributed by atoms with Crippen LogP contribution in [0.15, 0.2) is 0 Å². The Labute approximate surface area is 85.4 Å². The first-order chi connectivity index (χ1) is 6.90. The molecule has 15 heavy (non-hydrogen) atoms. The summed E-state index contributed by atoms with van der Waals surface area (Å²) in [4.78, 5) is 10.0. The average Bonchev–Trinajstić information content (AvgIpc) is 2.22. The van der Waals surface area contributed by atoms with Crippen molar-refractivity contribution in [3.05, 3.63) is 0 Å². The first-order valence-electron chi connectivity index (χ1n) is 4.20. The van der Waals surface area contributed by atoms with Crippen molar-refractivity contribution < 1.29 is 35.4 Å². The Bertz CT molecular complexity index is 200. The van der Waals surface area contributed by atoms with E-state index in [1.807, 2.05) is 0 Å². The second-order valence-corrected chi connectivity index (χ2v) is 2.98. The molecule has 0 aromatic rings. The van der Waals surface area contributed by atoms with Crippen molar-refractivity contribution in [2.75, 3.05) is 13.2 Å². The summed E-state index contributed by atoms with van der Waals surface area (Å²) in [5.74, 6) is 0. The fourth-order valence-corrected chi connectivity index (χ4v) is 0.876. The van der Waals surface area contributed by atoms with E-state index in [1.54, 1.807) is 5.32 Å². The molecule has 0 spiro atoms. The van der Waals surface area contributed by atoms with Gasteiger partial charge in [-0.2, -0.15) is 0 Å². The van der Waals surface area contributed by atoms with Gasteiger partial charge in [0.05, 0.1) is 12.7 Å². The van der Waals surface area contributed by atoms with Gasteiger partial charge in [-0.15, -0.1) is 0 Å². The highest BCUT2D eigenvalue weighted by atomic mass is 16.4.